The highest BCUT2D eigenvalue weighted by Crippen LogP contribution is 2.35. The first-order chi connectivity index (χ1) is 28.6. The summed E-state index contributed by atoms with van der Waals surface area (Å²) < 4.78 is 1.93. The zero-order chi connectivity index (χ0) is 41.2. The van der Waals surface area contributed by atoms with Crippen molar-refractivity contribution in [3.05, 3.63) is 76.7 Å². The number of carbonyl (C=O) groups excluding carboxylic acids is 5. The molecular weight excluding hydrogens is 751 g/mol. The molecule has 5 amide bonds. The minimum absolute atomic E-state index is 0.0681. The molecule has 0 aliphatic carbocycles. The Kier molecular flexibility index (Phi) is 11.5. The Hall–Kier alpha value is -6.03. The van der Waals surface area contributed by atoms with Crippen LogP contribution in [0.4, 0.5) is 17.3 Å². The molecule has 7 heterocycles. The first kappa shape index (κ1) is 39.8. The number of benzene rings is 1. The number of pyridine rings is 2. The molecule has 2 atom stereocenters. The second kappa shape index (κ2) is 17.1. The zero-order valence-electron chi connectivity index (χ0n) is 33.9. The highest BCUT2D eigenvalue weighted by molar-refractivity contribution is 6.25. The van der Waals surface area contributed by atoms with E-state index in [0.717, 1.165) is 80.0 Å². The molecular formula is C43H51N11O5. The molecule has 2 N–H and O–H groups in total. The van der Waals surface area contributed by atoms with E-state index < -0.39 is 29.7 Å². The van der Waals surface area contributed by atoms with Gasteiger partial charge in [-0.3, -0.25) is 39.1 Å². The summed E-state index contributed by atoms with van der Waals surface area (Å²) in [5.41, 5.74) is 4.36. The molecule has 308 valence electrons. The summed E-state index contributed by atoms with van der Waals surface area (Å²) in [6.07, 6.45) is 9.08. The molecule has 2 saturated heterocycles. The minimum atomic E-state index is -0.991. The van der Waals surface area contributed by atoms with Crippen molar-refractivity contribution in [1.29, 1.82) is 0 Å². The van der Waals surface area contributed by atoms with Gasteiger partial charge in [0.1, 0.15) is 29.7 Å². The Labute approximate surface area is 343 Å². The van der Waals surface area contributed by atoms with Crippen LogP contribution >= 0.6 is 0 Å². The van der Waals surface area contributed by atoms with E-state index >= 15 is 0 Å². The van der Waals surface area contributed by atoms with E-state index in [1.54, 1.807) is 29.4 Å². The Balaban J connectivity index is 0.846. The number of unbranched alkanes of at least 4 members (excludes halogenated alkanes) is 4. The molecule has 2 fully saturated rings. The van der Waals surface area contributed by atoms with E-state index in [1.165, 1.54) is 0 Å². The average molecular weight is 802 g/mol. The summed E-state index contributed by atoms with van der Waals surface area (Å²) in [6, 6.07) is 12.1. The van der Waals surface area contributed by atoms with E-state index in [-0.39, 0.29) is 29.9 Å². The standard InChI is InChI=1S/C43H51N11O5/c1-4-51-26-45-49-39(51)32-16-11-17-35(46-32)53-24-30-29(41(53)57)23-36(52-22-12-13-27(52)2)47-33(30)25-50(3)21-9-7-5-6-8-20-44-31-15-10-14-28-38(31)43(59)54(42(28)58)34-18-19-37(55)48-40(34)56/h10-11,14-17,23,26-27,34,44H,4-9,12-13,18-22,24-25H2,1-3H3,(H,48,55,56)/t27-,34?/m1/s1. The highest BCUT2D eigenvalue weighted by Gasteiger charge is 2.45. The largest absolute Gasteiger partial charge is 0.384 e. The summed E-state index contributed by atoms with van der Waals surface area (Å²) in [5, 5.41) is 13.9. The molecule has 0 spiro atoms. The van der Waals surface area contributed by atoms with Crippen molar-refractivity contribution in [3.63, 3.8) is 0 Å². The number of aryl methyl sites for hydroxylation is 1. The maximum absolute atomic E-state index is 14.1. The van der Waals surface area contributed by atoms with Gasteiger partial charge in [-0.2, -0.15) is 0 Å². The third kappa shape index (κ3) is 7.92. The highest BCUT2D eigenvalue weighted by atomic mass is 16.2. The molecule has 3 aromatic heterocycles. The van der Waals surface area contributed by atoms with Crippen LogP contribution in [0.3, 0.4) is 0 Å². The summed E-state index contributed by atoms with van der Waals surface area (Å²) in [6.45, 7) is 8.42. The number of nitrogens with zero attached hydrogens (tertiary/aromatic N) is 9. The molecule has 59 heavy (non-hydrogen) atoms. The molecule has 0 bridgehead atoms. The van der Waals surface area contributed by atoms with Gasteiger partial charge in [-0.15, -0.1) is 10.2 Å². The normalized spacial score (nSPS) is 19.0. The summed E-state index contributed by atoms with van der Waals surface area (Å²) in [7, 11) is 2.11. The third-order valence-electron chi connectivity index (χ3n) is 12.0. The monoisotopic (exact) mass is 801 g/mol. The van der Waals surface area contributed by atoms with Gasteiger partial charge in [-0.1, -0.05) is 31.4 Å². The van der Waals surface area contributed by atoms with Gasteiger partial charge < -0.3 is 19.7 Å². The number of anilines is 3. The zero-order valence-corrected chi connectivity index (χ0v) is 33.9. The fourth-order valence-electron chi connectivity index (χ4n) is 8.73. The van der Waals surface area contributed by atoms with Crippen LogP contribution < -0.4 is 20.4 Å². The van der Waals surface area contributed by atoms with Crippen molar-refractivity contribution in [1.82, 2.24) is 39.8 Å². The van der Waals surface area contributed by atoms with E-state index in [1.807, 2.05) is 35.8 Å². The second-order valence-corrected chi connectivity index (χ2v) is 16.0. The van der Waals surface area contributed by atoms with Crippen LogP contribution in [0.1, 0.15) is 114 Å². The van der Waals surface area contributed by atoms with Crippen LogP contribution in [0, 0.1) is 0 Å². The predicted molar refractivity (Wildman–Crippen MR) is 221 cm³/mol. The van der Waals surface area contributed by atoms with Crippen LogP contribution in [0.5, 0.6) is 0 Å². The molecule has 16 heteroatoms. The van der Waals surface area contributed by atoms with Gasteiger partial charge in [0.2, 0.25) is 11.8 Å². The van der Waals surface area contributed by atoms with Gasteiger partial charge in [0.25, 0.3) is 17.7 Å². The van der Waals surface area contributed by atoms with E-state index in [4.69, 9.17) is 9.97 Å². The number of hydrogen-bond acceptors (Lipinski definition) is 12. The molecule has 1 aromatic carbocycles. The molecule has 0 saturated carbocycles. The molecule has 8 rings (SSSR count). The SMILES string of the molecule is CCn1cnnc1-c1cccc(N2Cc3c(cc(N4CCC[C@H]4C)nc3CN(C)CCCCCCCNc3cccc4c3C(=O)N(C3CCC(=O)NC3=O)C4=O)C2=O)n1. The topological polar surface area (TPSA) is 179 Å². The van der Waals surface area contributed by atoms with Crippen LogP contribution in [-0.2, 0) is 29.2 Å². The van der Waals surface area contributed by atoms with E-state index in [9.17, 15) is 24.0 Å². The van der Waals surface area contributed by atoms with E-state index in [0.29, 0.717) is 60.8 Å². The number of carbonyl (C=O) groups is 5. The number of nitrogens with one attached hydrogen (secondary N) is 2. The number of amides is 5. The second-order valence-electron chi connectivity index (χ2n) is 16.0. The quantitative estimate of drug-likeness (QED) is 0.117. The average Bonchev–Trinajstić information content (AvgIpc) is 4.02. The molecule has 16 nitrogen and oxygen atoms in total. The van der Waals surface area contributed by atoms with Gasteiger partial charge in [0.05, 0.1) is 28.9 Å². The first-order valence-electron chi connectivity index (χ1n) is 20.9. The van der Waals surface area contributed by atoms with Crippen molar-refractivity contribution >= 4 is 46.9 Å². The lowest BCUT2D eigenvalue weighted by Gasteiger charge is -2.27. The molecule has 4 aliphatic rings. The van der Waals surface area contributed by atoms with Gasteiger partial charge in [-0.25, -0.2) is 9.97 Å². The van der Waals surface area contributed by atoms with Crippen LogP contribution in [0.15, 0.2) is 48.8 Å². The number of hydrogen-bond donors (Lipinski definition) is 2. The first-order valence-corrected chi connectivity index (χ1v) is 20.9. The number of piperidine rings is 1. The fraction of sp³-hybridized carbons (Fsp3) is 0.465. The fourth-order valence-corrected chi connectivity index (χ4v) is 8.73. The minimum Gasteiger partial charge on any atom is -0.384 e. The van der Waals surface area contributed by atoms with Gasteiger partial charge in [0, 0.05) is 49.9 Å². The smallest absolute Gasteiger partial charge is 0.264 e. The predicted octanol–water partition coefficient (Wildman–Crippen LogP) is 4.80. The molecule has 4 aliphatic heterocycles. The maximum atomic E-state index is 14.1. The molecule has 1 unspecified atom stereocenters. The lowest BCUT2D eigenvalue weighted by Crippen LogP contribution is -2.54. The van der Waals surface area contributed by atoms with Crippen molar-refractivity contribution in [2.75, 3.05) is 41.8 Å². The van der Waals surface area contributed by atoms with Crippen LogP contribution in [0.2, 0.25) is 0 Å². The van der Waals surface area contributed by atoms with Crippen LogP contribution in [0.25, 0.3) is 11.5 Å². The van der Waals surface area contributed by atoms with Crippen molar-refractivity contribution in [2.45, 2.75) is 103 Å². The Morgan fingerprint density at radius 2 is 1.71 bits per heavy atom. The summed E-state index contributed by atoms with van der Waals surface area (Å²) in [5.74, 6) is 0.000798. The molecule has 0 radical (unpaired) electrons. The van der Waals surface area contributed by atoms with Gasteiger partial charge in [0.15, 0.2) is 5.82 Å². The summed E-state index contributed by atoms with van der Waals surface area (Å²) >= 11 is 0. The number of imide groups is 2. The van der Waals surface area contributed by atoms with Crippen LogP contribution in [-0.4, -0.2) is 103 Å². The number of rotatable bonds is 16. The number of aromatic nitrogens is 5. The van der Waals surface area contributed by atoms with Crippen molar-refractivity contribution in [2.24, 2.45) is 0 Å². The Bertz CT molecular complexity index is 2290. The molecule has 4 aromatic rings. The van der Waals surface area contributed by atoms with Crippen molar-refractivity contribution < 1.29 is 24.0 Å². The van der Waals surface area contributed by atoms with Gasteiger partial charge >= 0.3 is 0 Å². The Morgan fingerprint density at radius 3 is 2.51 bits per heavy atom. The van der Waals surface area contributed by atoms with Crippen molar-refractivity contribution in [3.8, 4) is 11.5 Å². The summed E-state index contributed by atoms with van der Waals surface area (Å²) in [4.78, 5) is 82.2. The van der Waals surface area contributed by atoms with E-state index in [2.05, 4.69) is 44.6 Å². The number of fused-ring (bicyclic) bond motifs is 2. The van der Waals surface area contributed by atoms with Gasteiger partial charge in [-0.05, 0) is 89.9 Å². The lowest BCUT2D eigenvalue weighted by molar-refractivity contribution is -0.136. The lowest BCUT2D eigenvalue weighted by atomic mass is 10.0. The maximum Gasteiger partial charge on any atom is 0.264 e. The third-order valence-corrected chi connectivity index (χ3v) is 12.0. The Morgan fingerprint density at radius 1 is 0.898 bits per heavy atom.